The number of nitrogens with zero attached hydrogens (tertiary/aromatic N) is 2. The van der Waals surface area contributed by atoms with Crippen molar-refractivity contribution in [1.82, 2.24) is 9.88 Å². The van der Waals surface area contributed by atoms with E-state index in [2.05, 4.69) is 9.88 Å². The number of likely N-dealkylation sites (tertiary alicyclic amines) is 1. The molecular formula is C13H17FN2O2. The van der Waals surface area contributed by atoms with Crippen LogP contribution in [0, 0.1) is 5.82 Å². The smallest absolute Gasteiger partial charge is 0.181 e. The minimum atomic E-state index is -0.418. The van der Waals surface area contributed by atoms with Crippen LogP contribution in [0.4, 0.5) is 4.39 Å². The van der Waals surface area contributed by atoms with Gasteiger partial charge in [-0.3, -0.25) is 9.88 Å². The van der Waals surface area contributed by atoms with Crippen molar-refractivity contribution in [3.63, 3.8) is 0 Å². The number of piperidine rings is 1. The first-order chi connectivity index (χ1) is 8.76. The van der Waals surface area contributed by atoms with Gasteiger partial charge in [0.25, 0.3) is 0 Å². The summed E-state index contributed by atoms with van der Waals surface area (Å²) in [5, 5.41) is 0. The summed E-state index contributed by atoms with van der Waals surface area (Å²) >= 11 is 0. The van der Waals surface area contributed by atoms with Gasteiger partial charge in [0, 0.05) is 19.2 Å². The fourth-order valence-electron chi connectivity index (χ4n) is 2.74. The zero-order valence-corrected chi connectivity index (χ0v) is 10.3. The van der Waals surface area contributed by atoms with Gasteiger partial charge < -0.3 is 9.47 Å². The zero-order chi connectivity index (χ0) is 12.4. The molecule has 2 aliphatic rings. The first-order valence-electron chi connectivity index (χ1n) is 6.36. The van der Waals surface area contributed by atoms with E-state index >= 15 is 0 Å². The minimum Gasteiger partial charge on any atom is -0.346 e. The molecule has 5 heteroatoms. The van der Waals surface area contributed by atoms with Gasteiger partial charge in [0.1, 0.15) is 5.82 Å². The van der Waals surface area contributed by atoms with E-state index < -0.39 is 5.79 Å². The molecule has 0 saturated carbocycles. The van der Waals surface area contributed by atoms with Gasteiger partial charge in [-0.25, -0.2) is 4.39 Å². The first-order valence-corrected chi connectivity index (χ1v) is 6.36. The summed E-state index contributed by atoms with van der Waals surface area (Å²) in [4.78, 5) is 6.12. The molecule has 98 valence electrons. The summed E-state index contributed by atoms with van der Waals surface area (Å²) in [6, 6.07) is 1.53. The highest BCUT2D eigenvalue weighted by molar-refractivity contribution is 5.10. The Kier molecular flexibility index (Phi) is 3.28. The van der Waals surface area contributed by atoms with Crippen molar-refractivity contribution in [3.05, 3.63) is 29.8 Å². The van der Waals surface area contributed by atoms with Gasteiger partial charge in [-0.1, -0.05) is 0 Å². The normalized spacial score (nSPS) is 23.6. The maximum absolute atomic E-state index is 13.1. The average molecular weight is 252 g/mol. The lowest BCUT2D eigenvalue weighted by molar-refractivity contribution is -0.190. The Balaban J connectivity index is 1.66. The molecule has 0 unspecified atom stereocenters. The first kappa shape index (κ1) is 12.0. The van der Waals surface area contributed by atoms with Crippen LogP contribution in [-0.2, 0) is 16.0 Å². The van der Waals surface area contributed by atoms with Crippen LogP contribution in [-0.4, -0.2) is 42.0 Å². The molecule has 0 aromatic carbocycles. The Morgan fingerprint density at radius 1 is 1.33 bits per heavy atom. The molecule has 3 rings (SSSR count). The maximum Gasteiger partial charge on any atom is 0.181 e. The predicted molar refractivity (Wildman–Crippen MR) is 63.3 cm³/mol. The van der Waals surface area contributed by atoms with E-state index in [1.54, 1.807) is 6.20 Å². The molecule has 18 heavy (non-hydrogen) atoms. The number of rotatable bonds is 2. The van der Waals surface area contributed by atoms with Crippen molar-refractivity contribution >= 4 is 0 Å². The van der Waals surface area contributed by atoms with Crippen LogP contribution in [0.15, 0.2) is 18.5 Å². The number of halogens is 1. The predicted octanol–water partition coefficient (Wildman–Crippen LogP) is 1.56. The molecule has 2 aliphatic heterocycles. The molecule has 3 heterocycles. The Morgan fingerprint density at radius 2 is 2.17 bits per heavy atom. The maximum atomic E-state index is 13.1. The van der Waals surface area contributed by atoms with Gasteiger partial charge in [0.05, 0.1) is 26.0 Å². The Hall–Kier alpha value is -1.04. The van der Waals surface area contributed by atoms with Crippen LogP contribution in [0.1, 0.15) is 18.4 Å². The fourth-order valence-corrected chi connectivity index (χ4v) is 2.74. The second kappa shape index (κ2) is 4.91. The molecule has 1 spiro atoms. The highest BCUT2D eigenvalue weighted by Gasteiger charge is 2.40. The lowest BCUT2D eigenvalue weighted by Crippen LogP contribution is -2.48. The van der Waals surface area contributed by atoms with Crippen molar-refractivity contribution in [2.75, 3.05) is 26.3 Å². The van der Waals surface area contributed by atoms with Crippen LogP contribution >= 0.6 is 0 Å². The number of hydrogen-bond acceptors (Lipinski definition) is 4. The Labute approximate surface area is 106 Å². The molecule has 0 bridgehead atoms. The zero-order valence-electron chi connectivity index (χ0n) is 10.3. The van der Waals surface area contributed by atoms with E-state index in [0.29, 0.717) is 19.8 Å². The van der Waals surface area contributed by atoms with E-state index in [9.17, 15) is 4.39 Å². The van der Waals surface area contributed by atoms with E-state index in [1.807, 2.05) is 0 Å². The molecule has 0 amide bonds. The lowest BCUT2D eigenvalue weighted by atomic mass is 10.0. The van der Waals surface area contributed by atoms with Gasteiger partial charge in [-0.2, -0.15) is 0 Å². The van der Waals surface area contributed by atoms with E-state index in [1.165, 1.54) is 12.3 Å². The van der Waals surface area contributed by atoms with Crippen molar-refractivity contribution < 1.29 is 13.9 Å². The van der Waals surface area contributed by atoms with Gasteiger partial charge in [0.2, 0.25) is 0 Å². The summed E-state index contributed by atoms with van der Waals surface area (Å²) in [6.45, 7) is 3.79. The third kappa shape index (κ3) is 2.53. The van der Waals surface area contributed by atoms with Crippen molar-refractivity contribution in [2.45, 2.75) is 25.2 Å². The van der Waals surface area contributed by atoms with Crippen molar-refractivity contribution in [1.29, 1.82) is 0 Å². The van der Waals surface area contributed by atoms with Crippen LogP contribution in [0.25, 0.3) is 0 Å². The van der Waals surface area contributed by atoms with Crippen LogP contribution in [0.5, 0.6) is 0 Å². The average Bonchev–Trinajstić information content (AvgIpc) is 2.77. The third-order valence-electron chi connectivity index (χ3n) is 3.48. The molecule has 0 N–H and O–H groups in total. The summed E-state index contributed by atoms with van der Waals surface area (Å²) in [5.41, 5.74) is 0.894. The lowest BCUT2D eigenvalue weighted by Gasteiger charge is -2.38. The number of aromatic nitrogens is 1. The Bertz CT molecular complexity index is 421. The number of pyridine rings is 1. The highest BCUT2D eigenvalue weighted by Crippen LogP contribution is 2.30. The second-order valence-electron chi connectivity index (χ2n) is 4.93. The summed E-state index contributed by atoms with van der Waals surface area (Å²) in [6.07, 6.45) is 4.93. The molecule has 0 aliphatic carbocycles. The van der Waals surface area contributed by atoms with E-state index in [-0.39, 0.29) is 5.82 Å². The quantitative estimate of drug-likeness (QED) is 0.800. The molecule has 2 saturated heterocycles. The standard InChI is InChI=1S/C13H17FN2O2/c14-12-6-11(7-15-8-12)9-16-3-1-2-13(10-16)17-4-5-18-13/h6-8H,1-5,9-10H2. The fraction of sp³-hybridized carbons (Fsp3) is 0.615. The molecule has 1 aromatic rings. The Morgan fingerprint density at radius 3 is 2.94 bits per heavy atom. The monoisotopic (exact) mass is 252 g/mol. The van der Waals surface area contributed by atoms with E-state index in [4.69, 9.17) is 9.47 Å². The van der Waals surface area contributed by atoms with Gasteiger partial charge in [-0.15, -0.1) is 0 Å². The molecule has 1 aromatic heterocycles. The van der Waals surface area contributed by atoms with Crippen molar-refractivity contribution in [3.8, 4) is 0 Å². The number of hydrogen-bond donors (Lipinski definition) is 0. The molecular weight excluding hydrogens is 235 g/mol. The topological polar surface area (TPSA) is 34.6 Å². The summed E-state index contributed by atoms with van der Waals surface area (Å²) in [5.74, 6) is -0.702. The second-order valence-corrected chi connectivity index (χ2v) is 4.93. The third-order valence-corrected chi connectivity index (χ3v) is 3.48. The SMILES string of the molecule is Fc1cncc(CN2CCCC3(C2)OCCO3)c1. The molecule has 0 radical (unpaired) electrons. The molecule has 4 nitrogen and oxygen atoms in total. The van der Waals surface area contributed by atoms with Crippen LogP contribution < -0.4 is 0 Å². The largest absolute Gasteiger partial charge is 0.346 e. The molecule has 0 atom stereocenters. The van der Waals surface area contributed by atoms with Crippen molar-refractivity contribution in [2.24, 2.45) is 0 Å². The minimum absolute atomic E-state index is 0.285. The van der Waals surface area contributed by atoms with Gasteiger partial charge >= 0.3 is 0 Å². The highest BCUT2D eigenvalue weighted by atomic mass is 19.1. The van der Waals surface area contributed by atoms with Gasteiger partial charge in [0.15, 0.2) is 5.79 Å². The van der Waals surface area contributed by atoms with Gasteiger partial charge in [-0.05, 0) is 24.6 Å². The van der Waals surface area contributed by atoms with Crippen LogP contribution in [0.2, 0.25) is 0 Å². The van der Waals surface area contributed by atoms with Crippen LogP contribution in [0.3, 0.4) is 0 Å². The van der Waals surface area contributed by atoms with E-state index in [0.717, 1.165) is 31.5 Å². The number of ether oxygens (including phenoxy) is 2. The summed E-state index contributed by atoms with van der Waals surface area (Å²) < 4.78 is 24.5. The molecule has 2 fully saturated rings. The summed E-state index contributed by atoms with van der Waals surface area (Å²) in [7, 11) is 0.